The Morgan fingerprint density at radius 3 is 2.06 bits per heavy atom. The molecule has 98 valence electrons. The highest BCUT2D eigenvalue weighted by molar-refractivity contribution is 5.22. The summed E-state index contributed by atoms with van der Waals surface area (Å²) < 4.78 is 0. The third kappa shape index (κ3) is 3.14. The summed E-state index contributed by atoms with van der Waals surface area (Å²) in [6.45, 7) is 4.49. The van der Waals surface area contributed by atoms with Gasteiger partial charge in [0.1, 0.15) is 0 Å². The predicted octanol–water partition coefficient (Wildman–Crippen LogP) is 3.77. The highest BCUT2D eigenvalue weighted by atomic mass is 14.9. The Kier molecular flexibility index (Phi) is 3.69. The van der Waals surface area contributed by atoms with Gasteiger partial charge in [-0.2, -0.15) is 0 Å². The fourth-order valence-electron chi connectivity index (χ4n) is 3.04. The summed E-state index contributed by atoms with van der Waals surface area (Å²) in [5, 5.41) is 3.68. The molecule has 0 heterocycles. The van der Waals surface area contributed by atoms with Crippen LogP contribution in [0.4, 0.5) is 0 Å². The summed E-state index contributed by atoms with van der Waals surface area (Å²) in [5.74, 6) is 3.11. The molecule has 18 heavy (non-hydrogen) atoms. The first kappa shape index (κ1) is 12.2. The maximum Gasteiger partial charge on any atom is 0.0205 e. The number of aryl methyl sites for hydroxylation is 1. The lowest BCUT2D eigenvalue weighted by Crippen LogP contribution is -2.25. The van der Waals surface area contributed by atoms with Crippen LogP contribution in [0.15, 0.2) is 24.3 Å². The summed E-state index contributed by atoms with van der Waals surface area (Å²) in [6, 6.07) is 9.07. The minimum absolute atomic E-state index is 0.986. The maximum atomic E-state index is 3.68. The molecule has 2 aliphatic carbocycles. The number of hydrogen-bond donors (Lipinski definition) is 1. The van der Waals surface area contributed by atoms with Crippen molar-refractivity contribution in [2.75, 3.05) is 6.54 Å². The van der Waals surface area contributed by atoms with Crippen LogP contribution in [0.1, 0.15) is 43.7 Å². The minimum Gasteiger partial charge on any atom is -0.312 e. The van der Waals surface area contributed by atoms with Crippen molar-refractivity contribution in [1.29, 1.82) is 0 Å². The summed E-state index contributed by atoms with van der Waals surface area (Å²) in [4.78, 5) is 0. The van der Waals surface area contributed by atoms with E-state index in [1.807, 2.05) is 0 Å². The Balaban J connectivity index is 1.45. The van der Waals surface area contributed by atoms with E-state index in [1.54, 1.807) is 0 Å². The summed E-state index contributed by atoms with van der Waals surface area (Å²) in [5.41, 5.74) is 2.87. The molecule has 1 aromatic rings. The van der Waals surface area contributed by atoms with Crippen molar-refractivity contribution < 1.29 is 0 Å². The van der Waals surface area contributed by atoms with E-state index >= 15 is 0 Å². The molecule has 1 aromatic carbocycles. The Bertz CT molecular complexity index is 361. The van der Waals surface area contributed by atoms with E-state index in [9.17, 15) is 0 Å². The molecule has 3 rings (SSSR count). The molecule has 2 aliphatic rings. The fraction of sp³-hybridized carbons (Fsp3) is 0.647. The van der Waals surface area contributed by atoms with Crippen molar-refractivity contribution in [3.8, 4) is 0 Å². The molecule has 0 saturated heterocycles. The van der Waals surface area contributed by atoms with E-state index in [0.29, 0.717) is 0 Å². The third-order valence-electron chi connectivity index (χ3n) is 4.60. The van der Waals surface area contributed by atoms with Crippen molar-refractivity contribution in [2.24, 2.45) is 17.8 Å². The van der Waals surface area contributed by atoms with Gasteiger partial charge in [0.15, 0.2) is 0 Å². The van der Waals surface area contributed by atoms with Crippen LogP contribution in [0.3, 0.4) is 0 Å². The Hall–Kier alpha value is -0.820. The molecule has 2 saturated carbocycles. The van der Waals surface area contributed by atoms with Gasteiger partial charge in [-0.15, -0.1) is 0 Å². The van der Waals surface area contributed by atoms with E-state index in [4.69, 9.17) is 0 Å². The van der Waals surface area contributed by atoms with Gasteiger partial charge in [0.2, 0.25) is 0 Å². The number of benzene rings is 1. The van der Waals surface area contributed by atoms with Crippen LogP contribution in [0.25, 0.3) is 0 Å². The topological polar surface area (TPSA) is 12.0 Å². The average molecular weight is 243 g/mol. The van der Waals surface area contributed by atoms with E-state index in [-0.39, 0.29) is 0 Å². The fourth-order valence-corrected chi connectivity index (χ4v) is 3.04. The molecule has 0 atom stereocenters. The zero-order chi connectivity index (χ0) is 12.4. The lowest BCUT2D eigenvalue weighted by atomic mass is 9.98. The molecule has 1 nitrogen and oxygen atoms in total. The third-order valence-corrected chi connectivity index (χ3v) is 4.60. The van der Waals surface area contributed by atoms with E-state index in [2.05, 4.69) is 36.5 Å². The predicted molar refractivity (Wildman–Crippen MR) is 76.5 cm³/mol. The molecule has 0 amide bonds. The van der Waals surface area contributed by atoms with E-state index in [1.165, 1.54) is 43.4 Å². The lowest BCUT2D eigenvalue weighted by molar-refractivity contribution is 0.378. The first-order valence-corrected chi connectivity index (χ1v) is 7.65. The molecule has 0 aromatic heterocycles. The zero-order valence-corrected chi connectivity index (χ0v) is 11.5. The Morgan fingerprint density at radius 2 is 1.56 bits per heavy atom. The SMILES string of the molecule is CCc1ccc(CNCC(C2CC2)C2CC2)cc1. The van der Waals surface area contributed by atoms with E-state index < -0.39 is 0 Å². The van der Waals surface area contributed by atoms with Crippen molar-refractivity contribution in [3.05, 3.63) is 35.4 Å². The summed E-state index contributed by atoms with van der Waals surface area (Å²) >= 11 is 0. The van der Waals surface area contributed by atoms with Gasteiger partial charge in [-0.25, -0.2) is 0 Å². The Morgan fingerprint density at radius 1 is 1.00 bits per heavy atom. The van der Waals surface area contributed by atoms with Crippen LogP contribution in [0.2, 0.25) is 0 Å². The van der Waals surface area contributed by atoms with Crippen LogP contribution in [0.5, 0.6) is 0 Å². The second kappa shape index (κ2) is 5.44. The molecule has 2 fully saturated rings. The molecule has 0 unspecified atom stereocenters. The molecule has 0 radical (unpaired) electrons. The van der Waals surface area contributed by atoms with Gasteiger partial charge in [0, 0.05) is 6.54 Å². The van der Waals surface area contributed by atoms with Gasteiger partial charge in [-0.3, -0.25) is 0 Å². The van der Waals surface area contributed by atoms with Crippen molar-refractivity contribution in [2.45, 2.75) is 45.6 Å². The first-order valence-electron chi connectivity index (χ1n) is 7.65. The number of hydrogen-bond acceptors (Lipinski definition) is 1. The average Bonchev–Trinajstić information content (AvgIpc) is 3.29. The lowest BCUT2D eigenvalue weighted by Gasteiger charge is -2.16. The standard InChI is InChI=1S/C17H25N/c1-2-13-3-5-14(6-4-13)11-18-12-17(15-7-8-15)16-9-10-16/h3-6,15-18H,2,7-12H2,1H3. The highest BCUT2D eigenvalue weighted by Gasteiger charge is 2.40. The van der Waals surface area contributed by atoms with Crippen LogP contribution in [0, 0.1) is 17.8 Å². The highest BCUT2D eigenvalue weighted by Crippen LogP contribution is 2.48. The molecule has 1 heteroatoms. The largest absolute Gasteiger partial charge is 0.312 e. The van der Waals surface area contributed by atoms with Gasteiger partial charge in [0.25, 0.3) is 0 Å². The molecule has 0 spiro atoms. The second-order valence-electron chi connectivity index (χ2n) is 6.14. The van der Waals surface area contributed by atoms with Gasteiger partial charge < -0.3 is 5.32 Å². The van der Waals surface area contributed by atoms with Crippen LogP contribution in [-0.2, 0) is 13.0 Å². The summed E-state index contributed by atoms with van der Waals surface area (Å²) in [7, 11) is 0. The maximum absolute atomic E-state index is 3.68. The monoisotopic (exact) mass is 243 g/mol. The summed E-state index contributed by atoms with van der Waals surface area (Å²) in [6.07, 6.45) is 7.11. The smallest absolute Gasteiger partial charge is 0.0205 e. The molecule has 0 bridgehead atoms. The molecular formula is C17H25N. The van der Waals surface area contributed by atoms with E-state index in [0.717, 1.165) is 30.7 Å². The van der Waals surface area contributed by atoms with Gasteiger partial charge in [0.05, 0.1) is 0 Å². The van der Waals surface area contributed by atoms with Crippen LogP contribution in [-0.4, -0.2) is 6.54 Å². The van der Waals surface area contributed by atoms with Crippen molar-refractivity contribution in [3.63, 3.8) is 0 Å². The number of rotatable bonds is 7. The molecule has 1 N–H and O–H groups in total. The van der Waals surface area contributed by atoms with Gasteiger partial charge in [-0.05, 0) is 67.5 Å². The van der Waals surface area contributed by atoms with Crippen molar-refractivity contribution >= 4 is 0 Å². The van der Waals surface area contributed by atoms with Crippen molar-refractivity contribution in [1.82, 2.24) is 5.32 Å². The van der Waals surface area contributed by atoms with Gasteiger partial charge >= 0.3 is 0 Å². The quantitative estimate of drug-likeness (QED) is 0.768. The van der Waals surface area contributed by atoms with Crippen LogP contribution < -0.4 is 5.32 Å². The molecular weight excluding hydrogens is 218 g/mol. The Labute approximate surface area is 111 Å². The normalized spacial score (nSPS) is 19.4. The van der Waals surface area contributed by atoms with Gasteiger partial charge in [-0.1, -0.05) is 31.2 Å². The zero-order valence-electron chi connectivity index (χ0n) is 11.5. The molecule has 0 aliphatic heterocycles. The van der Waals surface area contributed by atoms with Crippen LogP contribution >= 0.6 is 0 Å². The second-order valence-corrected chi connectivity index (χ2v) is 6.14. The minimum atomic E-state index is 0.986. The first-order chi connectivity index (χ1) is 8.86. The number of nitrogens with one attached hydrogen (secondary N) is 1.